The number of carbonyl (C=O) groups is 3. The molecule has 8 nitrogen and oxygen atoms in total. The minimum atomic E-state index is -1.05. The van der Waals surface area contributed by atoms with Gasteiger partial charge in [0.1, 0.15) is 18.0 Å². The normalized spacial score (nSPS) is 14.9. The maximum atomic E-state index is 13.3. The fraction of sp³-hybridized carbons (Fsp3) is 0.440. The third-order valence-corrected chi connectivity index (χ3v) is 5.02. The van der Waals surface area contributed by atoms with Crippen LogP contribution in [0.15, 0.2) is 52.5 Å². The molecule has 0 saturated carbocycles. The zero-order valence-electron chi connectivity index (χ0n) is 20.7. The van der Waals surface area contributed by atoms with Gasteiger partial charge in [0.15, 0.2) is 11.5 Å². The molecule has 1 amide bonds. The standard InChI is InChI=1S/C25H33FN2O6/c1-9-20(32-8)23(34-17(6)29)22(27-7)24(30)28-15(4)25(31)33-16(5)21(14(2)3)18-10-12-19(26)13-11-18/h9-16,21H,7H2,1-6,8H3,(H,28,30)/b20-9+,23-22+/t15-,16-,21+/m0/s1. The van der Waals surface area contributed by atoms with Crippen LogP contribution in [-0.2, 0) is 28.6 Å². The molecule has 1 aromatic carbocycles. The molecule has 0 saturated heterocycles. The van der Waals surface area contributed by atoms with Gasteiger partial charge in [0, 0.05) is 12.8 Å². The molecular formula is C25H33FN2O6. The Labute approximate surface area is 199 Å². The van der Waals surface area contributed by atoms with Gasteiger partial charge in [-0.05, 0) is 57.2 Å². The third kappa shape index (κ3) is 7.83. The van der Waals surface area contributed by atoms with E-state index in [0.717, 1.165) is 12.5 Å². The molecule has 0 unspecified atom stereocenters. The Morgan fingerprint density at radius 3 is 2.15 bits per heavy atom. The highest BCUT2D eigenvalue weighted by Crippen LogP contribution is 2.30. The van der Waals surface area contributed by atoms with Crippen molar-refractivity contribution < 1.29 is 33.0 Å². The van der Waals surface area contributed by atoms with Crippen molar-refractivity contribution in [3.63, 3.8) is 0 Å². The van der Waals surface area contributed by atoms with E-state index in [2.05, 4.69) is 17.0 Å². The van der Waals surface area contributed by atoms with E-state index in [1.54, 1.807) is 26.0 Å². The highest BCUT2D eigenvalue weighted by Gasteiger charge is 2.29. The predicted octanol–water partition coefficient (Wildman–Crippen LogP) is 4.03. The highest BCUT2D eigenvalue weighted by atomic mass is 19.1. The van der Waals surface area contributed by atoms with E-state index in [-0.39, 0.29) is 34.9 Å². The predicted molar refractivity (Wildman–Crippen MR) is 126 cm³/mol. The molecule has 3 atom stereocenters. The minimum Gasteiger partial charge on any atom is -0.493 e. The van der Waals surface area contributed by atoms with Gasteiger partial charge in [-0.3, -0.25) is 14.6 Å². The summed E-state index contributed by atoms with van der Waals surface area (Å²) < 4.78 is 29.2. The molecule has 0 bridgehead atoms. The molecule has 34 heavy (non-hydrogen) atoms. The molecule has 0 heterocycles. The van der Waals surface area contributed by atoms with Crippen LogP contribution in [0, 0.1) is 11.7 Å². The Hall–Kier alpha value is -3.49. The van der Waals surface area contributed by atoms with Crippen molar-refractivity contribution >= 4 is 24.6 Å². The molecule has 186 valence electrons. The monoisotopic (exact) mass is 476 g/mol. The molecule has 0 aliphatic heterocycles. The van der Waals surface area contributed by atoms with Gasteiger partial charge in [-0.2, -0.15) is 0 Å². The van der Waals surface area contributed by atoms with E-state index in [9.17, 15) is 18.8 Å². The van der Waals surface area contributed by atoms with Gasteiger partial charge in [0.05, 0.1) is 7.11 Å². The SMILES string of the molecule is C=N/C(C(=O)N[C@@H](C)C(=O)O[C@@H](C)[C@H](c1ccc(F)cc1)C(C)C)=C(OC(C)=O)\C(=C/C)OC. The summed E-state index contributed by atoms with van der Waals surface area (Å²) in [5.41, 5.74) is 0.503. The van der Waals surface area contributed by atoms with Gasteiger partial charge in [-0.1, -0.05) is 26.0 Å². The lowest BCUT2D eigenvalue weighted by Gasteiger charge is -2.29. The van der Waals surface area contributed by atoms with E-state index < -0.39 is 30.0 Å². The van der Waals surface area contributed by atoms with Crippen LogP contribution in [0.2, 0.25) is 0 Å². The summed E-state index contributed by atoms with van der Waals surface area (Å²) in [6.07, 6.45) is 0.932. The van der Waals surface area contributed by atoms with Crippen LogP contribution in [0.3, 0.4) is 0 Å². The van der Waals surface area contributed by atoms with Crippen LogP contribution in [-0.4, -0.2) is 43.8 Å². The van der Waals surface area contributed by atoms with Gasteiger partial charge in [-0.25, -0.2) is 9.18 Å². The first-order chi connectivity index (χ1) is 16.0. The number of halogens is 1. The maximum Gasteiger partial charge on any atom is 0.328 e. The number of ether oxygens (including phenoxy) is 3. The number of esters is 2. The van der Waals surface area contributed by atoms with Crippen LogP contribution in [0.5, 0.6) is 0 Å². The second-order valence-electron chi connectivity index (χ2n) is 7.95. The van der Waals surface area contributed by atoms with Crippen molar-refractivity contribution in [2.24, 2.45) is 10.9 Å². The summed E-state index contributed by atoms with van der Waals surface area (Å²) in [7, 11) is 1.34. The number of hydrogen-bond acceptors (Lipinski definition) is 7. The zero-order chi connectivity index (χ0) is 26.0. The summed E-state index contributed by atoms with van der Waals surface area (Å²) in [5.74, 6) is -2.75. The number of benzene rings is 1. The van der Waals surface area contributed by atoms with Crippen LogP contribution < -0.4 is 5.32 Å². The first-order valence-electron chi connectivity index (χ1n) is 10.8. The van der Waals surface area contributed by atoms with Gasteiger partial charge in [0.2, 0.25) is 5.76 Å². The lowest BCUT2D eigenvalue weighted by molar-refractivity contribution is -0.153. The fourth-order valence-corrected chi connectivity index (χ4v) is 3.51. The van der Waals surface area contributed by atoms with Gasteiger partial charge in [-0.15, -0.1) is 0 Å². The average molecular weight is 477 g/mol. The first kappa shape index (κ1) is 28.5. The Kier molecular flexibility index (Phi) is 11.1. The largest absolute Gasteiger partial charge is 0.493 e. The van der Waals surface area contributed by atoms with Gasteiger partial charge in [0.25, 0.3) is 5.91 Å². The molecule has 0 aromatic heterocycles. The zero-order valence-corrected chi connectivity index (χ0v) is 20.7. The van der Waals surface area contributed by atoms with E-state index in [0.29, 0.717) is 0 Å². The van der Waals surface area contributed by atoms with E-state index in [1.807, 2.05) is 13.8 Å². The number of aliphatic imine (C=N–C) groups is 1. The van der Waals surface area contributed by atoms with Crippen molar-refractivity contribution in [2.45, 2.75) is 59.6 Å². The van der Waals surface area contributed by atoms with Crippen LogP contribution in [0.1, 0.15) is 53.0 Å². The van der Waals surface area contributed by atoms with Crippen molar-refractivity contribution in [3.05, 3.63) is 58.9 Å². The summed E-state index contributed by atoms with van der Waals surface area (Å²) in [6.45, 7) is 13.3. The summed E-state index contributed by atoms with van der Waals surface area (Å²) in [6, 6.07) is 4.99. The molecular weight excluding hydrogens is 443 g/mol. The lowest BCUT2D eigenvalue weighted by atomic mass is 9.84. The maximum absolute atomic E-state index is 13.3. The van der Waals surface area contributed by atoms with E-state index >= 15 is 0 Å². The quantitative estimate of drug-likeness (QED) is 0.170. The second kappa shape index (κ2) is 13.3. The second-order valence-corrected chi connectivity index (χ2v) is 7.95. The van der Waals surface area contributed by atoms with Gasteiger partial charge >= 0.3 is 11.9 Å². The summed E-state index contributed by atoms with van der Waals surface area (Å²) in [4.78, 5) is 40.7. The first-order valence-corrected chi connectivity index (χ1v) is 10.8. The van der Waals surface area contributed by atoms with Gasteiger partial charge < -0.3 is 19.5 Å². The molecule has 0 aliphatic carbocycles. The Bertz CT molecular complexity index is 953. The number of hydrogen-bond donors (Lipinski definition) is 1. The molecule has 0 fully saturated rings. The smallest absolute Gasteiger partial charge is 0.328 e. The number of allylic oxidation sites excluding steroid dienone is 1. The van der Waals surface area contributed by atoms with Crippen molar-refractivity contribution in [3.8, 4) is 0 Å². The highest BCUT2D eigenvalue weighted by molar-refractivity contribution is 5.97. The van der Waals surface area contributed by atoms with Crippen molar-refractivity contribution in [1.82, 2.24) is 5.32 Å². The number of amides is 1. The third-order valence-electron chi connectivity index (χ3n) is 5.02. The molecule has 1 N–H and O–H groups in total. The Morgan fingerprint density at radius 2 is 1.71 bits per heavy atom. The Morgan fingerprint density at radius 1 is 1.12 bits per heavy atom. The molecule has 1 rings (SSSR count). The molecule has 1 aromatic rings. The van der Waals surface area contributed by atoms with E-state index in [4.69, 9.17) is 14.2 Å². The number of rotatable bonds is 11. The van der Waals surface area contributed by atoms with Crippen molar-refractivity contribution in [2.75, 3.05) is 7.11 Å². The van der Waals surface area contributed by atoms with Crippen LogP contribution in [0.4, 0.5) is 4.39 Å². The van der Waals surface area contributed by atoms with Crippen molar-refractivity contribution in [1.29, 1.82) is 0 Å². The summed E-state index contributed by atoms with van der Waals surface area (Å²) in [5, 5.41) is 2.48. The molecule has 0 aliphatic rings. The molecule has 0 spiro atoms. The molecule has 0 radical (unpaired) electrons. The number of carbonyl (C=O) groups excluding carboxylic acids is 3. The molecule has 9 heteroatoms. The van der Waals surface area contributed by atoms with Crippen LogP contribution >= 0.6 is 0 Å². The number of nitrogens with zero attached hydrogens (tertiary/aromatic N) is 1. The Balaban J connectivity index is 3.05. The van der Waals surface area contributed by atoms with Crippen LogP contribution in [0.25, 0.3) is 0 Å². The summed E-state index contributed by atoms with van der Waals surface area (Å²) >= 11 is 0. The van der Waals surface area contributed by atoms with E-state index in [1.165, 1.54) is 32.2 Å². The average Bonchev–Trinajstić information content (AvgIpc) is 2.75. The fourth-order valence-electron chi connectivity index (χ4n) is 3.51. The topological polar surface area (TPSA) is 103 Å². The number of nitrogens with one attached hydrogen (secondary N) is 1. The lowest BCUT2D eigenvalue weighted by Crippen LogP contribution is -2.42. The minimum absolute atomic E-state index is 0.0932. The number of methoxy groups -OCH3 is 1.